The van der Waals surface area contributed by atoms with Crippen LogP contribution in [0.4, 0.5) is 11.4 Å². The summed E-state index contributed by atoms with van der Waals surface area (Å²) in [5.41, 5.74) is 3.63. The van der Waals surface area contributed by atoms with Crippen LogP contribution in [0, 0.1) is 0 Å². The summed E-state index contributed by atoms with van der Waals surface area (Å²) in [4.78, 5) is 39.4. The number of nitrogens with one attached hydrogen (secondary N) is 2. The number of hydrogen-bond acceptors (Lipinski definition) is 3. The van der Waals surface area contributed by atoms with Crippen LogP contribution in [0.15, 0.2) is 72.8 Å². The standard InChI is InChI=1S/C25H22ClN3O3/c1-16(30)27-19-10-12-20(13-11-19)28-24(31)23-14-17-6-2-3-7-18(17)15-29(23)25(32)21-8-4-5-9-22(21)26/h2-13,23H,14-15H2,1H3,(H,27,30)(H,28,31). The fourth-order valence-corrected chi connectivity index (χ4v) is 4.04. The van der Waals surface area contributed by atoms with Crippen LogP contribution in [0.1, 0.15) is 28.4 Å². The maximum absolute atomic E-state index is 13.4. The number of anilines is 2. The summed E-state index contributed by atoms with van der Waals surface area (Å²) < 4.78 is 0. The highest BCUT2D eigenvalue weighted by Gasteiger charge is 2.35. The molecule has 1 unspecified atom stereocenters. The zero-order valence-electron chi connectivity index (χ0n) is 17.5. The molecule has 3 aromatic carbocycles. The van der Waals surface area contributed by atoms with Gasteiger partial charge in [0.25, 0.3) is 5.91 Å². The number of benzene rings is 3. The van der Waals surface area contributed by atoms with Gasteiger partial charge in [0.15, 0.2) is 0 Å². The molecule has 3 amide bonds. The minimum atomic E-state index is -0.691. The van der Waals surface area contributed by atoms with Crippen LogP contribution in [-0.2, 0) is 22.6 Å². The zero-order chi connectivity index (χ0) is 22.7. The van der Waals surface area contributed by atoms with Crippen LogP contribution in [0.5, 0.6) is 0 Å². The summed E-state index contributed by atoms with van der Waals surface area (Å²) >= 11 is 6.27. The van der Waals surface area contributed by atoms with Gasteiger partial charge in [0.05, 0.1) is 10.6 Å². The molecule has 4 rings (SSSR count). The molecule has 0 saturated carbocycles. The molecule has 3 aromatic rings. The number of carbonyl (C=O) groups is 3. The van der Waals surface area contributed by atoms with Gasteiger partial charge in [-0.3, -0.25) is 14.4 Å². The molecule has 0 aromatic heterocycles. The average molecular weight is 448 g/mol. The highest BCUT2D eigenvalue weighted by Crippen LogP contribution is 2.28. The molecule has 7 heteroatoms. The maximum Gasteiger partial charge on any atom is 0.256 e. The molecule has 6 nitrogen and oxygen atoms in total. The van der Waals surface area contributed by atoms with Crippen molar-refractivity contribution in [3.63, 3.8) is 0 Å². The first-order valence-electron chi connectivity index (χ1n) is 10.2. The van der Waals surface area contributed by atoms with Gasteiger partial charge in [-0.15, -0.1) is 0 Å². The number of fused-ring (bicyclic) bond motifs is 1. The van der Waals surface area contributed by atoms with E-state index in [1.165, 1.54) is 6.92 Å². The van der Waals surface area contributed by atoms with Gasteiger partial charge >= 0.3 is 0 Å². The van der Waals surface area contributed by atoms with E-state index in [0.717, 1.165) is 11.1 Å². The summed E-state index contributed by atoms with van der Waals surface area (Å²) in [5.74, 6) is -0.741. The molecule has 1 aliphatic heterocycles. The monoisotopic (exact) mass is 447 g/mol. The smallest absolute Gasteiger partial charge is 0.256 e. The molecule has 1 aliphatic rings. The van der Waals surface area contributed by atoms with E-state index in [0.29, 0.717) is 34.9 Å². The van der Waals surface area contributed by atoms with Crippen molar-refractivity contribution >= 4 is 40.7 Å². The van der Waals surface area contributed by atoms with Crippen LogP contribution in [0.3, 0.4) is 0 Å². The van der Waals surface area contributed by atoms with Crippen molar-refractivity contribution in [2.45, 2.75) is 25.9 Å². The van der Waals surface area contributed by atoms with E-state index >= 15 is 0 Å². The third kappa shape index (κ3) is 4.65. The molecular formula is C25H22ClN3O3. The molecule has 0 aliphatic carbocycles. The lowest BCUT2D eigenvalue weighted by Crippen LogP contribution is -2.50. The van der Waals surface area contributed by atoms with Crippen molar-refractivity contribution in [3.05, 3.63) is 94.5 Å². The number of nitrogens with zero attached hydrogens (tertiary/aromatic N) is 1. The predicted molar refractivity (Wildman–Crippen MR) is 125 cm³/mol. The molecule has 162 valence electrons. The second-order valence-electron chi connectivity index (χ2n) is 7.65. The first-order chi connectivity index (χ1) is 15.4. The van der Waals surface area contributed by atoms with E-state index in [9.17, 15) is 14.4 Å². The topological polar surface area (TPSA) is 78.5 Å². The maximum atomic E-state index is 13.4. The molecule has 0 fully saturated rings. The van der Waals surface area contributed by atoms with Gasteiger partial charge in [-0.25, -0.2) is 0 Å². The van der Waals surface area contributed by atoms with Gasteiger partial charge in [0, 0.05) is 31.3 Å². The lowest BCUT2D eigenvalue weighted by molar-refractivity contribution is -0.121. The van der Waals surface area contributed by atoms with Crippen molar-refractivity contribution in [2.24, 2.45) is 0 Å². The van der Waals surface area contributed by atoms with Crippen molar-refractivity contribution in [1.82, 2.24) is 4.90 Å². The van der Waals surface area contributed by atoms with Crippen LogP contribution < -0.4 is 10.6 Å². The SMILES string of the molecule is CC(=O)Nc1ccc(NC(=O)C2Cc3ccccc3CN2C(=O)c2ccccc2Cl)cc1. The first-order valence-corrected chi connectivity index (χ1v) is 10.6. The summed E-state index contributed by atoms with van der Waals surface area (Å²) in [5, 5.41) is 5.93. The van der Waals surface area contributed by atoms with E-state index in [4.69, 9.17) is 11.6 Å². The Labute approximate surface area is 191 Å². The summed E-state index contributed by atoms with van der Waals surface area (Å²) in [6.07, 6.45) is 0.405. The Morgan fingerprint density at radius 3 is 2.09 bits per heavy atom. The van der Waals surface area contributed by atoms with Gasteiger partial charge in [0.2, 0.25) is 11.8 Å². The van der Waals surface area contributed by atoms with Crippen molar-refractivity contribution in [3.8, 4) is 0 Å². The quantitative estimate of drug-likeness (QED) is 0.617. The fraction of sp³-hybridized carbons (Fsp3) is 0.160. The van der Waals surface area contributed by atoms with Gasteiger partial charge < -0.3 is 15.5 Å². The summed E-state index contributed by atoms with van der Waals surface area (Å²) in [6.45, 7) is 1.75. The molecule has 0 saturated heterocycles. The van der Waals surface area contributed by atoms with Crippen LogP contribution in [0.2, 0.25) is 5.02 Å². The Bertz CT molecular complexity index is 1180. The van der Waals surface area contributed by atoms with Gasteiger partial charge in [-0.1, -0.05) is 48.0 Å². The largest absolute Gasteiger partial charge is 0.326 e. The average Bonchev–Trinajstić information content (AvgIpc) is 2.79. The minimum Gasteiger partial charge on any atom is -0.326 e. The molecule has 1 atom stereocenters. The van der Waals surface area contributed by atoms with E-state index < -0.39 is 6.04 Å². The number of amides is 3. The number of hydrogen-bond donors (Lipinski definition) is 2. The molecule has 2 N–H and O–H groups in total. The van der Waals surface area contributed by atoms with Gasteiger partial charge in [-0.2, -0.15) is 0 Å². The minimum absolute atomic E-state index is 0.170. The van der Waals surface area contributed by atoms with E-state index in [-0.39, 0.29) is 17.7 Å². The highest BCUT2D eigenvalue weighted by molar-refractivity contribution is 6.33. The van der Waals surface area contributed by atoms with Crippen molar-refractivity contribution < 1.29 is 14.4 Å². The summed E-state index contributed by atoms with van der Waals surface area (Å²) in [6, 6.07) is 20.8. The fourth-order valence-electron chi connectivity index (χ4n) is 3.83. The van der Waals surface area contributed by atoms with Crippen LogP contribution in [0.25, 0.3) is 0 Å². The lowest BCUT2D eigenvalue weighted by atomic mass is 9.92. The molecule has 0 bridgehead atoms. The summed E-state index contributed by atoms with van der Waals surface area (Å²) in [7, 11) is 0. The Morgan fingerprint density at radius 1 is 0.844 bits per heavy atom. The number of halogens is 1. The molecule has 1 heterocycles. The van der Waals surface area contributed by atoms with Crippen molar-refractivity contribution in [2.75, 3.05) is 10.6 Å². The molecular weight excluding hydrogens is 426 g/mol. The highest BCUT2D eigenvalue weighted by atomic mass is 35.5. The van der Waals surface area contributed by atoms with Crippen LogP contribution in [-0.4, -0.2) is 28.7 Å². The normalized spacial score (nSPS) is 14.9. The lowest BCUT2D eigenvalue weighted by Gasteiger charge is -2.36. The van der Waals surface area contributed by atoms with Crippen molar-refractivity contribution in [1.29, 1.82) is 0 Å². The molecule has 0 radical (unpaired) electrons. The third-order valence-corrected chi connectivity index (χ3v) is 5.72. The predicted octanol–water partition coefficient (Wildman–Crippen LogP) is 4.50. The van der Waals surface area contributed by atoms with E-state index in [1.54, 1.807) is 53.4 Å². The second kappa shape index (κ2) is 9.24. The number of carbonyl (C=O) groups excluding carboxylic acids is 3. The third-order valence-electron chi connectivity index (χ3n) is 5.39. The van der Waals surface area contributed by atoms with Gasteiger partial charge in [0.1, 0.15) is 6.04 Å². The molecule has 32 heavy (non-hydrogen) atoms. The first kappa shape index (κ1) is 21.6. The Morgan fingerprint density at radius 2 is 1.44 bits per heavy atom. The van der Waals surface area contributed by atoms with E-state index in [2.05, 4.69) is 10.6 Å². The van der Waals surface area contributed by atoms with Gasteiger partial charge in [-0.05, 0) is 47.5 Å². The Balaban J connectivity index is 1.60. The Kier molecular flexibility index (Phi) is 6.23. The van der Waals surface area contributed by atoms with Crippen LogP contribution >= 0.6 is 11.6 Å². The zero-order valence-corrected chi connectivity index (χ0v) is 18.2. The Hall–Kier alpha value is -3.64. The molecule has 0 spiro atoms. The second-order valence-corrected chi connectivity index (χ2v) is 8.06. The number of rotatable bonds is 4. The van der Waals surface area contributed by atoms with E-state index in [1.807, 2.05) is 24.3 Å².